The Kier molecular flexibility index (Phi) is 11.3. The van der Waals surface area contributed by atoms with E-state index < -0.39 is 0 Å². The number of nitrogens with zero attached hydrogens (tertiary/aromatic N) is 1. The summed E-state index contributed by atoms with van der Waals surface area (Å²) in [6.45, 7) is 25.3. The summed E-state index contributed by atoms with van der Waals surface area (Å²) in [5.74, 6) is 0. The lowest BCUT2D eigenvalue weighted by molar-refractivity contribution is 0.590. The normalized spacial score (nSPS) is 15.0. The van der Waals surface area contributed by atoms with Crippen LogP contribution in [0.4, 0.5) is 17.1 Å². The number of aryl methyl sites for hydroxylation is 1. The first-order valence-corrected chi connectivity index (χ1v) is 28.3. The predicted octanol–water partition coefficient (Wildman–Crippen LogP) is 20.3. The zero-order chi connectivity index (χ0) is 54.1. The fraction of sp³-hybridized carbons (Fsp3) is 0.221. The van der Waals surface area contributed by atoms with Gasteiger partial charge in [-0.15, -0.1) is 0 Å². The minimum Gasteiger partial charge on any atom is -0.310 e. The molecule has 0 radical (unpaired) electrons. The third kappa shape index (κ3) is 7.63. The number of benzene rings is 10. The van der Waals surface area contributed by atoms with Crippen LogP contribution in [0.5, 0.6) is 0 Å². The van der Waals surface area contributed by atoms with Gasteiger partial charge in [0, 0.05) is 27.9 Å². The van der Waals surface area contributed by atoms with Gasteiger partial charge in [0.2, 0.25) is 0 Å². The van der Waals surface area contributed by atoms with E-state index in [0.29, 0.717) is 0 Å². The first kappa shape index (κ1) is 49.6. The first-order valence-electron chi connectivity index (χ1n) is 28.3. The molecular weight excluding hydrogens is 939 g/mol. The molecule has 4 aliphatic rings. The molecule has 0 amide bonds. The molecule has 0 N–H and O–H groups in total. The van der Waals surface area contributed by atoms with E-state index >= 15 is 0 Å². The Hall–Kier alpha value is -8.00. The molecule has 14 rings (SSSR count). The largest absolute Gasteiger partial charge is 0.310 e. The van der Waals surface area contributed by atoms with Gasteiger partial charge >= 0.3 is 0 Å². The molecule has 0 bridgehead atoms. The van der Waals surface area contributed by atoms with E-state index in [4.69, 9.17) is 0 Å². The van der Waals surface area contributed by atoms with Crippen LogP contribution in [0.25, 0.3) is 44.5 Å². The van der Waals surface area contributed by atoms with Crippen LogP contribution in [-0.4, -0.2) is 0 Å². The summed E-state index contributed by atoms with van der Waals surface area (Å²) in [4.78, 5) is 2.47. The Morgan fingerprint density at radius 2 is 0.692 bits per heavy atom. The Bertz CT molecular complexity index is 3970. The molecule has 0 fully saturated rings. The van der Waals surface area contributed by atoms with Crippen molar-refractivity contribution in [1.29, 1.82) is 0 Å². The average molecular weight is 1010 g/mol. The van der Waals surface area contributed by atoms with Crippen LogP contribution < -0.4 is 4.90 Å². The van der Waals surface area contributed by atoms with Crippen molar-refractivity contribution in [3.8, 4) is 44.5 Å². The van der Waals surface area contributed by atoms with Crippen molar-refractivity contribution in [3.05, 3.63) is 291 Å². The number of rotatable bonds is 5. The van der Waals surface area contributed by atoms with Gasteiger partial charge in [-0.3, -0.25) is 0 Å². The molecule has 0 aromatic heterocycles. The topological polar surface area (TPSA) is 3.24 Å². The number of anilines is 3. The zero-order valence-corrected chi connectivity index (χ0v) is 47.4. The van der Waals surface area contributed by atoms with Crippen LogP contribution in [0.1, 0.15) is 142 Å². The lowest BCUT2D eigenvalue weighted by Gasteiger charge is -2.32. The molecule has 1 spiro atoms. The molecule has 4 aliphatic carbocycles. The highest BCUT2D eigenvalue weighted by Crippen LogP contribution is 2.63. The van der Waals surface area contributed by atoms with E-state index in [2.05, 4.69) is 299 Å². The SMILES string of the molecule is CC(C)(C)c1ccc(Cc2ccc3c(c2)C(C)(C)c2ccccc2-3)cc1.Cc1ccc2c(c1)C1(c3ccccc3-c3ccccc31)c1ccc(N(c3ccc(C(C)(C)C)cc3)c3ccc4c(c3)C(C)(C)c3ccccc3-4)cc1-2. The van der Waals surface area contributed by atoms with Crippen LogP contribution >= 0.6 is 0 Å². The summed E-state index contributed by atoms with van der Waals surface area (Å²) < 4.78 is 0. The van der Waals surface area contributed by atoms with E-state index in [1.807, 2.05) is 0 Å². The lowest BCUT2D eigenvalue weighted by Crippen LogP contribution is -2.26. The molecule has 0 saturated carbocycles. The summed E-state index contributed by atoms with van der Waals surface area (Å²) in [6.07, 6.45) is 0.990. The Morgan fingerprint density at radius 1 is 0.308 bits per heavy atom. The molecule has 0 heterocycles. The van der Waals surface area contributed by atoms with Crippen molar-refractivity contribution in [2.24, 2.45) is 0 Å². The smallest absolute Gasteiger partial charge is 0.0725 e. The third-order valence-corrected chi connectivity index (χ3v) is 18.2. The summed E-state index contributed by atoms with van der Waals surface area (Å²) in [5.41, 5.74) is 32.2. The summed E-state index contributed by atoms with van der Waals surface area (Å²) in [7, 11) is 0. The van der Waals surface area contributed by atoms with E-state index in [9.17, 15) is 0 Å². The number of hydrogen-bond donors (Lipinski definition) is 0. The number of fused-ring (bicyclic) bond motifs is 16. The quantitative estimate of drug-likeness (QED) is 0.166. The van der Waals surface area contributed by atoms with Gasteiger partial charge in [-0.05, 0) is 172 Å². The molecule has 0 atom stereocenters. The highest BCUT2D eigenvalue weighted by Gasteiger charge is 2.52. The maximum absolute atomic E-state index is 2.47. The van der Waals surface area contributed by atoms with Crippen molar-refractivity contribution in [1.82, 2.24) is 0 Å². The molecule has 10 aromatic rings. The Labute approximate surface area is 464 Å². The second-order valence-electron chi connectivity index (χ2n) is 25.8. The minimum absolute atomic E-state index is 0.0737. The molecule has 0 aliphatic heterocycles. The van der Waals surface area contributed by atoms with Gasteiger partial charge in [-0.1, -0.05) is 257 Å². The predicted molar refractivity (Wildman–Crippen MR) is 330 cm³/mol. The van der Waals surface area contributed by atoms with Gasteiger partial charge in [-0.25, -0.2) is 0 Å². The second-order valence-corrected chi connectivity index (χ2v) is 25.8. The molecule has 0 unspecified atom stereocenters. The second kappa shape index (κ2) is 17.8. The van der Waals surface area contributed by atoms with Crippen molar-refractivity contribution >= 4 is 17.1 Å². The van der Waals surface area contributed by atoms with E-state index in [-0.39, 0.29) is 27.1 Å². The van der Waals surface area contributed by atoms with Crippen LogP contribution in [-0.2, 0) is 33.5 Å². The van der Waals surface area contributed by atoms with Crippen LogP contribution in [0.3, 0.4) is 0 Å². The maximum atomic E-state index is 2.47. The van der Waals surface area contributed by atoms with Crippen molar-refractivity contribution < 1.29 is 0 Å². The van der Waals surface area contributed by atoms with Gasteiger partial charge in [0.05, 0.1) is 5.41 Å². The van der Waals surface area contributed by atoms with Crippen molar-refractivity contribution in [2.75, 3.05) is 4.90 Å². The van der Waals surface area contributed by atoms with E-state index in [1.165, 1.54) is 128 Å². The standard InChI is InChI=1S/C51H43N.C26H28/c1-32-19-26-41-42-30-35(25-28-46(42)51(48(41)29-32)44-17-11-8-14-38(44)39-15-9-12-18-45(39)51)52(34-22-20-33(21-23-34)49(2,3)4)36-24-27-40-37-13-7-10-16-43(37)50(5,6)47(40)31-36;1-25(2,3)20-13-10-18(11-14-20)16-19-12-15-22-21-8-6-7-9-23(21)26(4,5)24(22)17-19/h7-31H,1-6H3;6-15,17H,16H2,1-5H3. The fourth-order valence-electron chi connectivity index (χ4n) is 14.0. The number of hydrogen-bond acceptors (Lipinski definition) is 1. The average Bonchev–Trinajstić information content (AvgIpc) is 4.27. The van der Waals surface area contributed by atoms with Gasteiger partial charge < -0.3 is 4.90 Å². The molecule has 78 heavy (non-hydrogen) atoms. The molecular formula is C77H71N. The highest BCUT2D eigenvalue weighted by molar-refractivity contribution is 5.97. The molecule has 1 nitrogen and oxygen atoms in total. The highest BCUT2D eigenvalue weighted by atomic mass is 15.1. The van der Waals surface area contributed by atoms with Gasteiger partial charge in [0.1, 0.15) is 0 Å². The van der Waals surface area contributed by atoms with E-state index in [1.54, 1.807) is 0 Å². The summed E-state index contributed by atoms with van der Waals surface area (Å²) in [5, 5.41) is 0. The van der Waals surface area contributed by atoms with Crippen molar-refractivity contribution in [3.63, 3.8) is 0 Å². The molecule has 1 heteroatoms. The maximum Gasteiger partial charge on any atom is 0.0725 e. The summed E-state index contributed by atoms with van der Waals surface area (Å²) in [6, 6.07) is 82.8. The zero-order valence-electron chi connectivity index (χ0n) is 47.4. The lowest BCUT2D eigenvalue weighted by atomic mass is 9.70. The van der Waals surface area contributed by atoms with Gasteiger partial charge in [0.25, 0.3) is 0 Å². The Morgan fingerprint density at radius 3 is 1.24 bits per heavy atom. The minimum atomic E-state index is -0.356. The molecule has 384 valence electrons. The fourth-order valence-corrected chi connectivity index (χ4v) is 14.0. The van der Waals surface area contributed by atoms with Gasteiger partial charge in [0.15, 0.2) is 0 Å². The summed E-state index contributed by atoms with van der Waals surface area (Å²) >= 11 is 0. The monoisotopic (exact) mass is 1010 g/mol. The van der Waals surface area contributed by atoms with Gasteiger partial charge in [-0.2, -0.15) is 0 Å². The van der Waals surface area contributed by atoms with Crippen LogP contribution in [0, 0.1) is 6.92 Å². The first-order chi connectivity index (χ1) is 37.3. The van der Waals surface area contributed by atoms with E-state index in [0.717, 1.165) is 12.1 Å². The van der Waals surface area contributed by atoms with Crippen molar-refractivity contribution in [2.45, 2.75) is 110 Å². The molecule has 0 saturated heterocycles. The third-order valence-electron chi connectivity index (χ3n) is 18.2. The molecule has 10 aromatic carbocycles. The van der Waals surface area contributed by atoms with Crippen LogP contribution in [0.2, 0.25) is 0 Å². The van der Waals surface area contributed by atoms with Crippen LogP contribution in [0.15, 0.2) is 218 Å². The Balaban J connectivity index is 0.000000187.